The molecule has 2 saturated carbocycles. The van der Waals surface area contributed by atoms with E-state index in [0.29, 0.717) is 6.10 Å². The highest BCUT2D eigenvalue weighted by molar-refractivity contribution is 5.73. The minimum atomic E-state index is 0.0607. The van der Waals surface area contributed by atoms with E-state index in [2.05, 4.69) is 6.92 Å². The van der Waals surface area contributed by atoms with Crippen molar-refractivity contribution in [3.05, 3.63) is 0 Å². The molecule has 2 rings (SSSR count). The fourth-order valence-corrected chi connectivity index (χ4v) is 1.54. The maximum Gasteiger partial charge on any atom is 0.309 e. The minimum Gasteiger partial charge on any atom is -0.462 e. The third-order valence-corrected chi connectivity index (χ3v) is 2.51. The lowest BCUT2D eigenvalue weighted by molar-refractivity contribution is -0.154. The van der Waals surface area contributed by atoms with Gasteiger partial charge in [-0.1, -0.05) is 6.92 Å². The molecule has 0 N–H and O–H groups in total. The van der Waals surface area contributed by atoms with Crippen LogP contribution in [0.2, 0.25) is 0 Å². The topological polar surface area (TPSA) is 26.3 Å². The number of esters is 1. The first kappa shape index (κ1) is 7.14. The summed E-state index contributed by atoms with van der Waals surface area (Å²) in [4.78, 5) is 11.2. The first-order valence-electron chi connectivity index (χ1n) is 4.46. The SMILES string of the molecule is CC1CC(C(=O)OC2CC2)C1. The highest BCUT2D eigenvalue weighted by atomic mass is 16.5. The molecule has 0 aromatic rings. The lowest BCUT2D eigenvalue weighted by atomic mass is 9.76. The van der Waals surface area contributed by atoms with Crippen LogP contribution in [0.4, 0.5) is 0 Å². The van der Waals surface area contributed by atoms with Crippen molar-refractivity contribution < 1.29 is 9.53 Å². The van der Waals surface area contributed by atoms with Gasteiger partial charge in [-0.05, 0) is 31.6 Å². The quantitative estimate of drug-likeness (QED) is 0.566. The standard InChI is InChI=1S/C9H14O2/c1-6-4-7(5-6)9(10)11-8-2-3-8/h6-8H,2-5H2,1H3. The Hall–Kier alpha value is -0.530. The third kappa shape index (κ3) is 1.55. The monoisotopic (exact) mass is 154 g/mol. The predicted molar refractivity (Wildman–Crippen MR) is 41.0 cm³/mol. The smallest absolute Gasteiger partial charge is 0.309 e. The summed E-state index contributed by atoms with van der Waals surface area (Å²) in [6.07, 6.45) is 4.57. The Balaban J connectivity index is 1.72. The van der Waals surface area contributed by atoms with Gasteiger partial charge in [0.15, 0.2) is 0 Å². The number of ether oxygens (including phenoxy) is 1. The molecule has 2 aliphatic rings. The Kier molecular flexibility index (Phi) is 1.63. The van der Waals surface area contributed by atoms with E-state index >= 15 is 0 Å². The third-order valence-electron chi connectivity index (χ3n) is 2.51. The molecular weight excluding hydrogens is 140 g/mol. The second-order valence-electron chi connectivity index (χ2n) is 3.91. The van der Waals surface area contributed by atoms with Crippen LogP contribution in [0.25, 0.3) is 0 Å². The molecule has 0 heterocycles. The van der Waals surface area contributed by atoms with Crippen molar-refractivity contribution in [2.45, 2.75) is 38.7 Å². The maximum absolute atomic E-state index is 11.2. The molecule has 0 aromatic carbocycles. The molecule has 2 fully saturated rings. The van der Waals surface area contributed by atoms with Gasteiger partial charge in [0, 0.05) is 0 Å². The van der Waals surface area contributed by atoms with Crippen molar-refractivity contribution >= 4 is 5.97 Å². The Morgan fingerprint density at radius 1 is 1.36 bits per heavy atom. The Bertz CT molecular complexity index is 166. The number of rotatable bonds is 2. The van der Waals surface area contributed by atoms with Crippen molar-refractivity contribution in [2.75, 3.05) is 0 Å². The average Bonchev–Trinajstić information content (AvgIpc) is 2.64. The molecule has 0 atom stereocenters. The fourth-order valence-electron chi connectivity index (χ4n) is 1.54. The Morgan fingerprint density at radius 3 is 2.45 bits per heavy atom. The maximum atomic E-state index is 11.2. The predicted octanol–water partition coefficient (Wildman–Crippen LogP) is 1.74. The molecule has 2 aliphatic carbocycles. The zero-order valence-electron chi connectivity index (χ0n) is 6.88. The van der Waals surface area contributed by atoms with E-state index in [9.17, 15) is 4.79 Å². The van der Waals surface area contributed by atoms with Crippen LogP contribution in [0.3, 0.4) is 0 Å². The lowest BCUT2D eigenvalue weighted by Crippen LogP contribution is -2.30. The highest BCUT2D eigenvalue weighted by Gasteiger charge is 2.36. The molecule has 0 aromatic heterocycles. The average molecular weight is 154 g/mol. The van der Waals surface area contributed by atoms with E-state index in [0.717, 1.165) is 31.6 Å². The first-order valence-corrected chi connectivity index (χ1v) is 4.46. The molecule has 62 valence electrons. The minimum absolute atomic E-state index is 0.0607. The number of hydrogen-bond donors (Lipinski definition) is 0. The first-order chi connectivity index (χ1) is 5.25. The Morgan fingerprint density at radius 2 is 2.00 bits per heavy atom. The van der Waals surface area contributed by atoms with E-state index in [1.165, 1.54) is 0 Å². The van der Waals surface area contributed by atoms with Gasteiger partial charge in [-0.2, -0.15) is 0 Å². The Labute approximate surface area is 66.9 Å². The van der Waals surface area contributed by atoms with Crippen LogP contribution in [-0.4, -0.2) is 12.1 Å². The molecule has 0 amide bonds. The summed E-state index contributed by atoms with van der Waals surface area (Å²) < 4.78 is 5.17. The number of hydrogen-bond acceptors (Lipinski definition) is 2. The van der Waals surface area contributed by atoms with E-state index in [4.69, 9.17) is 4.74 Å². The van der Waals surface area contributed by atoms with Crippen molar-refractivity contribution in [1.82, 2.24) is 0 Å². The highest BCUT2D eigenvalue weighted by Crippen LogP contribution is 2.35. The molecule has 11 heavy (non-hydrogen) atoms. The molecule has 2 nitrogen and oxygen atoms in total. The molecule has 0 bridgehead atoms. The summed E-state index contributed by atoms with van der Waals surface area (Å²) in [5, 5.41) is 0. The van der Waals surface area contributed by atoms with Crippen LogP contribution in [0.15, 0.2) is 0 Å². The number of carbonyl (C=O) groups excluding carboxylic acids is 1. The van der Waals surface area contributed by atoms with Gasteiger partial charge < -0.3 is 4.74 Å². The van der Waals surface area contributed by atoms with Gasteiger partial charge in [0.25, 0.3) is 0 Å². The van der Waals surface area contributed by atoms with E-state index in [1.807, 2.05) is 0 Å². The molecular formula is C9H14O2. The van der Waals surface area contributed by atoms with Gasteiger partial charge >= 0.3 is 5.97 Å². The molecule has 0 unspecified atom stereocenters. The summed E-state index contributed by atoms with van der Waals surface area (Å²) in [7, 11) is 0. The fraction of sp³-hybridized carbons (Fsp3) is 0.889. The second kappa shape index (κ2) is 2.50. The van der Waals surface area contributed by atoms with Crippen molar-refractivity contribution in [1.29, 1.82) is 0 Å². The summed E-state index contributed by atoms with van der Waals surface area (Å²) in [5.41, 5.74) is 0. The molecule has 0 saturated heterocycles. The molecule has 2 heteroatoms. The van der Waals surface area contributed by atoms with Crippen LogP contribution in [0, 0.1) is 11.8 Å². The summed E-state index contributed by atoms with van der Waals surface area (Å²) in [6, 6.07) is 0. The second-order valence-corrected chi connectivity index (χ2v) is 3.91. The van der Waals surface area contributed by atoms with Gasteiger partial charge in [-0.3, -0.25) is 4.79 Å². The van der Waals surface area contributed by atoms with Gasteiger partial charge in [0.2, 0.25) is 0 Å². The van der Waals surface area contributed by atoms with Crippen LogP contribution >= 0.6 is 0 Å². The summed E-state index contributed by atoms with van der Waals surface area (Å²) >= 11 is 0. The largest absolute Gasteiger partial charge is 0.462 e. The summed E-state index contributed by atoms with van der Waals surface area (Å²) in [6.45, 7) is 2.18. The molecule has 0 spiro atoms. The zero-order valence-corrected chi connectivity index (χ0v) is 6.88. The zero-order chi connectivity index (χ0) is 7.84. The van der Waals surface area contributed by atoms with Crippen molar-refractivity contribution in [3.8, 4) is 0 Å². The summed E-state index contributed by atoms with van der Waals surface area (Å²) in [5.74, 6) is 1.04. The van der Waals surface area contributed by atoms with Crippen LogP contribution in [0.1, 0.15) is 32.6 Å². The van der Waals surface area contributed by atoms with Crippen molar-refractivity contribution in [3.63, 3.8) is 0 Å². The lowest BCUT2D eigenvalue weighted by Gasteiger charge is -2.30. The van der Waals surface area contributed by atoms with Gasteiger partial charge in [-0.25, -0.2) is 0 Å². The van der Waals surface area contributed by atoms with E-state index in [1.54, 1.807) is 0 Å². The molecule has 0 radical (unpaired) electrons. The number of carbonyl (C=O) groups is 1. The van der Waals surface area contributed by atoms with E-state index < -0.39 is 0 Å². The van der Waals surface area contributed by atoms with Gasteiger partial charge in [-0.15, -0.1) is 0 Å². The van der Waals surface area contributed by atoms with Crippen LogP contribution < -0.4 is 0 Å². The van der Waals surface area contributed by atoms with Crippen LogP contribution in [-0.2, 0) is 9.53 Å². The van der Waals surface area contributed by atoms with Crippen molar-refractivity contribution in [2.24, 2.45) is 11.8 Å². The van der Waals surface area contributed by atoms with Crippen LogP contribution in [0.5, 0.6) is 0 Å². The van der Waals surface area contributed by atoms with E-state index in [-0.39, 0.29) is 11.9 Å². The van der Waals surface area contributed by atoms with Gasteiger partial charge in [0.05, 0.1) is 5.92 Å². The van der Waals surface area contributed by atoms with Gasteiger partial charge in [0.1, 0.15) is 6.10 Å². The molecule has 0 aliphatic heterocycles. The normalized spacial score (nSPS) is 36.1.